The number of hydrogen-bond acceptors (Lipinski definition) is 14. The molecular formula is C65H81Cl2FN10O9. The van der Waals surface area contributed by atoms with Crippen LogP contribution in [-0.2, 0) is 40.2 Å². The maximum atomic E-state index is 15.5. The molecule has 1 unspecified atom stereocenters. The van der Waals surface area contributed by atoms with Crippen molar-refractivity contribution in [2.24, 2.45) is 4.99 Å². The van der Waals surface area contributed by atoms with E-state index in [0.29, 0.717) is 136 Å². The minimum Gasteiger partial charge on any atom is -0.493 e. The van der Waals surface area contributed by atoms with Gasteiger partial charge in [-0.2, -0.15) is 5.10 Å². The number of rotatable bonds is 23. The van der Waals surface area contributed by atoms with E-state index in [2.05, 4.69) is 72.4 Å². The van der Waals surface area contributed by atoms with Crippen molar-refractivity contribution in [2.45, 2.75) is 90.4 Å². The van der Waals surface area contributed by atoms with E-state index in [1.165, 1.54) is 22.8 Å². The summed E-state index contributed by atoms with van der Waals surface area (Å²) in [6.45, 7) is 23.4. The summed E-state index contributed by atoms with van der Waals surface area (Å²) < 4.78 is 51.6. The smallest absolute Gasteiger partial charge is 0.326 e. The molecule has 3 aliphatic heterocycles. The van der Waals surface area contributed by atoms with Gasteiger partial charge in [0.25, 0.3) is 5.91 Å². The van der Waals surface area contributed by atoms with Gasteiger partial charge in [-0.25, -0.2) is 18.7 Å². The molecule has 9 rings (SSSR count). The molecule has 1 fully saturated rings. The van der Waals surface area contributed by atoms with E-state index < -0.39 is 23.0 Å². The third-order valence-corrected chi connectivity index (χ3v) is 16.8. The van der Waals surface area contributed by atoms with Gasteiger partial charge in [0.1, 0.15) is 51.7 Å². The number of benzene rings is 4. The van der Waals surface area contributed by atoms with Gasteiger partial charge >= 0.3 is 6.03 Å². The number of aromatic nitrogens is 3. The average Bonchev–Trinajstić information content (AvgIpc) is 1.57. The van der Waals surface area contributed by atoms with Gasteiger partial charge in [-0.1, -0.05) is 74.3 Å². The molecule has 0 aliphatic carbocycles. The van der Waals surface area contributed by atoms with E-state index in [4.69, 9.17) is 56.6 Å². The zero-order valence-electron chi connectivity index (χ0n) is 51.1. The second-order valence-corrected chi connectivity index (χ2v) is 24.2. The molecule has 2 bridgehead atoms. The van der Waals surface area contributed by atoms with Gasteiger partial charge in [-0.05, 0) is 117 Å². The summed E-state index contributed by atoms with van der Waals surface area (Å²) in [5.41, 5.74) is 2.76. The lowest BCUT2D eigenvalue weighted by atomic mass is 9.71. The van der Waals surface area contributed by atoms with Gasteiger partial charge in [0.05, 0.1) is 83.8 Å². The third-order valence-electron chi connectivity index (χ3n) is 16.3. The summed E-state index contributed by atoms with van der Waals surface area (Å²) in [6, 6.07) is 27.2. The number of carbonyl (C=O) groups is 3. The Morgan fingerprint density at radius 3 is 2.09 bits per heavy atom. The van der Waals surface area contributed by atoms with Crippen LogP contribution < -0.4 is 20.1 Å². The fourth-order valence-electron chi connectivity index (χ4n) is 11.2. The van der Waals surface area contributed by atoms with Crippen molar-refractivity contribution in [1.82, 2.24) is 39.5 Å². The van der Waals surface area contributed by atoms with Crippen LogP contribution in [0.2, 0.25) is 10.0 Å². The van der Waals surface area contributed by atoms with E-state index in [1.807, 2.05) is 85.2 Å². The molecule has 3 aliphatic rings. The zero-order valence-corrected chi connectivity index (χ0v) is 52.6. The molecule has 4 amide bonds. The lowest BCUT2D eigenvalue weighted by molar-refractivity contribution is -0.122. The Hall–Kier alpha value is -6.91. The number of nitrogens with zero attached hydrogens (tertiary/aromatic N) is 8. The molecule has 87 heavy (non-hydrogen) atoms. The molecule has 1 saturated heterocycles. The summed E-state index contributed by atoms with van der Waals surface area (Å²) in [7, 11) is 0. The van der Waals surface area contributed by atoms with Crippen molar-refractivity contribution >= 4 is 58.3 Å². The summed E-state index contributed by atoms with van der Waals surface area (Å²) >= 11 is 13.0. The maximum Gasteiger partial charge on any atom is 0.326 e. The number of ether oxygens (including phenoxy) is 6. The second kappa shape index (κ2) is 28.9. The first-order valence-corrected chi connectivity index (χ1v) is 30.7. The highest BCUT2D eigenvalue weighted by molar-refractivity contribution is 6.30. The molecule has 4 atom stereocenters. The van der Waals surface area contributed by atoms with E-state index in [1.54, 1.807) is 23.2 Å². The molecule has 466 valence electrons. The Bertz CT molecular complexity index is 3360. The molecule has 2 aromatic heterocycles. The van der Waals surface area contributed by atoms with Crippen LogP contribution in [0.5, 0.6) is 11.5 Å². The molecule has 4 aromatic carbocycles. The van der Waals surface area contributed by atoms with Gasteiger partial charge in [-0.3, -0.25) is 24.4 Å². The second-order valence-electron chi connectivity index (χ2n) is 23.4. The minimum atomic E-state index is -1.03. The predicted molar refractivity (Wildman–Crippen MR) is 334 cm³/mol. The molecule has 0 radical (unpaired) electrons. The Morgan fingerprint density at radius 2 is 1.44 bits per heavy atom. The molecule has 5 heterocycles. The first-order chi connectivity index (χ1) is 41.8. The van der Waals surface area contributed by atoms with Crippen LogP contribution in [0.3, 0.4) is 0 Å². The van der Waals surface area contributed by atoms with Crippen molar-refractivity contribution in [3.63, 3.8) is 0 Å². The number of nitrogens with one attached hydrogen (secondary N) is 2. The predicted octanol–water partition coefficient (Wildman–Crippen LogP) is 10.2. The normalized spacial score (nSPS) is 20.1. The Morgan fingerprint density at radius 1 is 0.793 bits per heavy atom. The zero-order chi connectivity index (χ0) is 61.9. The van der Waals surface area contributed by atoms with Crippen LogP contribution in [0.4, 0.5) is 15.0 Å². The van der Waals surface area contributed by atoms with Gasteiger partial charge < -0.3 is 48.9 Å². The number of halogens is 3. The van der Waals surface area contributed by atoms with Crippen molar-refractivity contribution in [2.75, 3.05) is 117 Å². The summed E-state index contributed by atoms with van der Waals surface area (Å²) in [4.78, 5) is 60.3. The largest absolute Gasteiger partial charge is 0.493 e. The van der Waals surface area contributed by atoms with Gasteiger partial charge in [0, 0.05) is 74.0 Å². The number of carbonyl (C=O) groups excluding carboxylic acids is 3. The standard InChI is InChI=1S/C65H81Cl2FN10O9/c1-9-86-56-40-48(63(4,5)6)14-20-52(56)60-73-64(7,46-10-15-49(66)16-11-46)65(8,47-12-17-50(67)18-13-47)78(60)62(81)75-29-27-74(28-30-75)31-33-83-35-37-85-39-38-84-36-34-82-32-23-58(79)69-24-26-76-43-44(2)87-55-21-19-51(68)41-53(55)45(3)71-57-22-25-77-59(72-57)54(42-70-77)61(76)80/h10-22,25,40-42,44-45H,9,23-24,26-39,43H2,1-8H3,(H,69,79)(H,71,72)/t44-,45?,64+,65-/m0/s1. The molecular weight excluding hydrogens is 1150 g/mol. The molecule has 2 N–H and O–H groups in total. The Balaban J connectivity index is 0.677. The van der Waals surface area contributed by atoms with Crippen LogP contribution in [0.25, 0.3) is 5.65 Å². The number of amides is 4. The summed E-state index contributed by atoms with van der Waals surface area (Å²) in [5, 5.41) is 11.7. The van der Waals surface area contributed by atoms with Crippen LogP contribution >= 0.6 is 23.2 Å². The number of amidine groups is 1. The third kappa shape index (κ3) is 15.3. The fraction of sp³-hybridized carbons (Fsp3) is 0.477. The number of aliphatic imine (C=N–C) groups is 1. The number of urea groups is 1. The van der Waals surface area contributed by atoms with E-state index in [9.17, 15) is 14.0 Å². The van der Waals surface area contributed by atoms with Gasteiger partial charge in [0.15, 0.2) is 5.65 Å². The highest BCUT2D eigenvalue weighted by Crippen LogP contribution is 2.54. The van der Waals surface area contributed by atoms with Gasteiger partial charge in [0.2, 0.25) is 5.91 Å². The van der Waals surface area contributed by atoms with Crippen LogP contribution in [0.15, 0.2) is 108 Å². The molecule has 19 nitrogen and oxygen atoms in total. The number of fused-ring (bicyclic) bond motifs is 2. The molecule has 22 heteroatoms. The van der Waals surface area contributed by atoms with Crippen molar-refractivity contribution < 1.29 is 47.2 Å². The lowest BCUT2D eigenvalue weighted by Crippen LogP contribution is -2.60. The Kier molecular flexibility index (Phi) is 21.5. The summed E-state index contributed by atoms with van der Waals surface area (Å²) in [5.74, 6) is 1.23. The van der Waals surface area contributed by atoms with E-state index in [0.717, 1.165) is 22.3 Å². The van der Waals surface area contributed by atoms with Crippen LogP contribution in [-0.4, -0.2) is 176 Å². The SMILES string of the molecule is CCOc1cc(C(C)(C)C)ccc1C1=N[C@](C)(c2ccc(Cl)cc2)[C@](C)(c2ccc(Cl)cc2)N1C(=O)N1CCN(CCOCCOCCOCCOCCC(=O)NCCN2C[C@H](C)Oc3ccc(F)cc3C(C)Nc3ccn4ncc(c4n3)C2=O)CC1. The topological polar surface area (TPSA) is 186 Å². The Labute approximate surface area is 519 Å². The van der Waals surface area contributed by atoms with Crippen molar-refractivity contribution in [1.29, 1.82) is 0 Å². The minimum absolute atomic E-state index is 0.128. The lowest BCUT2D eigenvalue weighted by Gasteiger charge is -2.47. The van der Waals surface area contributed by atoms with Gasteiger partial charge in [-0.15, -0.1) is 0 Å². The molecule has 0 saturated carbocycles. The summed E-state index contributed by atoms with van der Waals surface area (Å²) in [6.07, 6.45) is 2.83. The van der Waals surface area contributed by atoms with Crippen molar-refractivity contribution in [3.8, 4) is 11.5 Å². The number of piperazine rings is 1. The first kappa shape index (κ1) is 64.6. The van der Waals surface area contributed by atoms with E-state index in [-0.39, 0.29) is 62.0 Å². The quantitative estimate of drug-likeness (QED) is 0.0578. The first-order valence-electron chi connectivity index (χ1n) is 29.9. The molecule has 6 aromatic rings. The average molecular weight is 1240 g/mol. The number of hydrogen-bond donors (Lipinski definition) is 2. The van der Waals surface area contributed by atoms with Crippen molar-refractivity contribution in [3.05, 3.63) is 153 Å². The molecule has 0 spiro atoms. The number of anilines is 1. The highest BCUT2D eigenvalue weighted by Gasteiger charge is 2.60. The maximum absolute atomic E-state index is 15.5. The van der Waals surface area contributed by atoms with E-state index >= 15 is 4.79 Å². The monoisotopic (exact) mass is 1230 g/mol. The highest BCUT2D eigenvalue weighted by atomic mass is 35.5. The van der Waals surface area contributed by atoms with Crippen LogP contribution in [0, 0.1) is 5.82 Å². The fourth-order valence-corrected chi connectivity index (χ4v) is 11.5. The van der Waals surface area contributed by atoms with Crippen LogP contribution in [0.1, 0.15) is 106 Å².